The van der Waals surface area contributed by atoms with Gasteiger partial charge >= 0.3 is 12.3 Å². The fourth-order valence-electron chi connectivity index (χ4n) is 3.07. The molecule has 0 bridgehead atoms. The third kappa shape index (κ3) is 4.66. The Hall–Kier alpha value is -3.11. The normalized spacial score (nSPS) is 14.8. The maximum absolute atomic E-state index is 13.6. The van der Waals surface area contributed by atoms with E-state index in [-0.39, 0.29) is 35.2 Å². The van der Waals surface area contributed by atoms with Gasteiger partial charge < -0.3 is 19.9 Å². The molecule has 29 heavy (non-hydrogen) atoms. The van der Waals surface area contributed by atoms with Crippen molar-refractivity contribution < 1.29 is 27.5 Å². The third-order valence-corrected chi connectivity index (χ3v) is 4.40. The van der Waals surface area contributed by atoms with Crippen LogP contribution in [0.25, 0.3) is 11.0 Å². The zero-order valence-electron chi connectivity index (χ0n) is 15.9. The summed E-state index contributed by atoms with van der Waals surface area (Å²) in [6.07, 6.45) is -5.05. The van der Waals surface area contributed by atoms with E-state index in [1.54, 1.807) is 11.8 Å². The van der Waals surface area contributed by atoms with Crippen molar-refractivity contribution in [3.05, 3.63) is 23.8 Å². The molecule has 3 heterocycles. The molecule has 2 aromatic rings. The van der Waals surface area contributed by atoms with E-state index in [1.165, 1.54) is 24.0 Å². The highest BCUT2D eigenvalue weighted by atomic mass is 19.4. The van der Waals surface area contributed by atoms with Gasteiger partial charge in [0.2, 0.25) is 5.91 Å². The molecule has 1 saturated heterocycles. The van der Waals surface area contributed by atoms with Crippen molar-refractivity contribution in [2.24, 2.45) is 0 Å². The molecule has 1 aliphatic rings. The van der Waals surface area contributed by atoms with Crippen LogP contribution in [0.4, 0.5) is 29.6 Å². The first-order valence-electron chi connectivity index (χ1n) is 9.02. The molecule has 2 amide bonds. The molecule has 0 radical (unpaired) electrons. The van der Waals surface area contributed by atoms with Gasteiger partial charge in [-0.3, -0.25) is 4.79 Å². The molecule has 1 fully saturated rings. The van der Waals surface area contributed by atoms with Gasteiger partial charge in [0.25, 0.3) is 0 Å². The highest BCUT2D eigenvalue weighted by Crippen LogP contribution is 2.36. The molecule has 2 aromatic heterocycles. The number of piperazine rings is 1. The molecule has 0 spiro atoms. The number of nitrogens with one attached hydrogen (secondary N) is 1. The van der Waals surface area contributed by atoms with Crippen molar-refractivity contribution in [2.75, 3.05) is 43.0 Å². The second-order valence-electron chi connectivity index (χ2n) is 6.45. The fraction of sp³-hybridized carbons (Fsp3) is 0.444. The van der Waals surface area contributed by atoms with Crippen molar-refractivity contribution in [2.45, 2.75) is 20.0 Å². The Morgan fingerprint density at radius 1 is 1.17 bits per heavy atom. The van der Waals surface area contributed by atoms with E-state index >= 15 is 0 Å². The lowest BCUT2D eigenvalue weighted by Gasteiger charge is -2.35. The first-order valence-corrected chi connectivity index (χ1v) is 9.02. The quantitative estimate of drug-likeness (QED) is 0.836. The van der Waals surface area contributed by atoms with E-state index in [2.05, 4.69) is 15.3 Å². The van der Waals surface area contributed by atoms with Crippen LogP contribution in [0.5, 0.6) is 0 Å². The molecule has 1 aliphatic heterocycles. The summed E-state index contributed by atoms with van der Waals surface area (Å²) in [4.78, 5) is 34.5. The summed E-state index contributed by atoms with van der Waals surface area (Å²) >= 11 is 0. The Kier molecular flexibility index (Phi) is 5.76. The van der Waals surface area contributed by atoms with E-state index in [4.69, 9.17) is 4.74 Å². The largest absolute Gasteiger partial charge is 0.450 e. The SMILES string of the molecule is CCOC(=O)N1CCN(c2cc(C(F)(F)F)c3ccc(NC(C)=O)nc3n2)CC1. The number of rotatable bonds is 3. The van der Waals surface area contributed by atoms with Crippen molar-refractivity contribution in [3.8, 4) is 0 Å². The monoisotopic (exact) mass is 411 g/mol. The zero-order valence-corrected chi connectivity index (χ0v) is 15.9. The summed E-state index contributed by atoms with van der Waals surface area (Å²) in [6.45, 7) is 4.45. The number of nitrogens with zero attached hydrogens (tertiary/aromatic N) is 4. The maximum Gasteiger partial charge on any atom is 0.417 e. The number of halogens is 3. The fourth-order valence-corrected chi connectivity index (χ4v) is 3.07. The van der Waals surface area contributed by atoms with Crippen LogP contribution in [0.15, 0.2) is 18.2 Å². The van der Waals surface area contributed by atoms with E-state index < -0.39 is 17.8 Å². The van der Waals surface area contributed by atoms with Crippen LogP contribution in [-0.4, -0.2) is 59.7 Å². The van der Waals surface area contributed by atoms with Crippen molar-refractivity contribution in [1.29, 1.82) is 0 Å². The van der Waals surface area contributed by atoms with Gasteiger partial charge in [-0.15, -0.1) is 0 Å². The van der Waals surface area contributed by atoms with Crippen molar-refractivity contribution in [3.63, 3.8) is 0 Å². The molecule has 3 rings (SSSR count). The van der Waals surface area contributed by atoms with Gasteiger partial charge in [0.05, 0.1) is 12.2 Å². The Morgan fingerprint density at radius 3 is 2.45 bits per heavy atom. The van der Waals surface area contributed by atoms with Crippen LogP contribution in [0.2, 0.25) is 0 Å². The van der Waals surface area contributed by atoms with Crippen LogP contribution in [0.1, 0.15) is 19.4 Å². The number of carbonyl (C=O) groups excluding carboxylic acids is 2. The smallest absolute Gasteiger partial charge is 0.417 e. The number of carbonyl (C=O) groups is 2. The minimum absolute atomic E-state index is 0.112. The maximum atomic E-state index is 13.6. The second kappa shape index (κ2) is 8.10. The summed E-state index contributed by atoms with van der Waals surface area (Å²) in [7, 11) is 0. The van der Waals surface area contributed by atoms with E-state index in [0.717, 1.165) is 6.07 Å². The predicted molar refractivity (Wildman–Crippen MR) is 99.7 cm³/mol. The summed E-state index contributed by atoms with van der Waals surface area (Å²) < 4.78 is 45.8. The van der Waals surface area contributed by atoms with Crippen LogP contribution in [-0.2, 0) is 15.7 Å². The number of alkyl halides is 3. The number of pyridine rings is 2. The lowest BCUT2D eigenvalue weighted by molar-refractivity contribution is -0.136. The van der Waals surface area contributed by atoms with Gasteiger partial charge in [-0.25, -0.2) is 14.8 Å². The minimum atomic E-state index is -4.60. The van der Waals surface area contributed by atoms with Crippen LogP contribution < -0.4 is 10.2 Å². The summed E-state index contributed by atoms with van der Waals surface area (Å²) in [5.41, 5.74) is -0.971. The highest BCUT2D eigenvalue weighted by Gasteiger charge is 2.35. The molecule has 0 atom stereocenters. The van der Waals surface area contributed by atoms with Gasteiger partial charge in [-0.2, -0.15) is 13.2 Å². The van der Waals surface area contributed by atoms with Gasteiger partial charge in [0.1, 0.15) is 11.6 Å². The van der Waals surface area contributed by atoms with Crippen LogP contribution in [0.3, 0.4) is 0 Å². The lowest BCUT2D eigenvalue weighted by atomic mass is 10.1. The topological polar surface area (TPSA) is 87.7 Å². The zero-order chi connectivity index (χ0) is 21.2. The molecule has 156 valence electrons. The first kappa shape index (κ1) is 20.6. The first-order chi connectivity index (χ1) is 13.7. The van der Waals surface area contributed by atoms with Crippen molar-refractivity contribution >= 4 is 34.7 Å². The predicted octanol–water partition coefficient (Wildman–Crippen LogP) is 2.89. The van der Waals surface area contributed by atoms with Crippen LogP contribution >= 0.6 is 0 Å². The number of aromatic nitrogens is 2. The lowest BCUT2D eigenvalue weighted by Crippen LogP contribution is -2.49. The summed E-state index contributed by atoms with van der Waals surface area (Å²) in [6, 6.07) is 3.53. The number of amides is 2. The van der Waals surface area contributed by atoms with Gasteiger partial charge in [-0.05, 0) is 25.1 Å². The molecule has 8 nitrogen and oxygen atoms in total. The number of anilines is 2. The highest BCUT2D eigenvalue weighted by molar-refractivity contribution is 5.90. The molecule has 0 saturated carbocycles. The Labute approximate surface area is 164 Å². The summed E-state index contributed by atoms with van der Waals surface area (Å²) in [5, 5.41) is 2.29. The standard InChI is InChI=1S/C18H20F3N5O3/c1-3-29-17(28)26-8-6-25(7-9-26)15-10-13(18(19,20)21)12-4-5-14(22-11(2)27)23-16(12)24-15/h4-5,10H,3,6-9H2,1-2H3,(H,22,23,24,27). The average Bonchev–Trinajstić information content (AvgIpc) is 2.66. The summed E-state index contributed by atoms with van der Waals surface area (Å²) in [5.74, 6) is -0.158. The van der Waals surface area contributed by atoms with Gasteiger partial charge in [0, 0.05) is 38.5 Å². The Balaban J connectivity index is 1.93. The number of hydrogen-bond donors (Lipinski definition) is 1. The molecule has 0 aromatic carbocycles. The second-order valence-corrected chi connectivity index (χ2v) is 6.45. The molecule has 11 heteroatoms. The van der Waals surface area contributed by atoms with E-state index in [9.17, 15) is 22.8 Å². The van der Waals surface area contributed by atoms with Gasteiger partial charge in [-0.1, -0.05) is 0 Å². The number of fused-ring (bicyclic) bond motifs is 1. The molecule has 0 aliphatic carbocycles. The number of ether oxygens (including phenoxy) is 1. The Bertz CT molecular complexity index is 927. The molecular formula is C18H20F3N5O3. The molecule has 0 unspecified atom stereocenters. The van der Waals surface area contributed by atoms with Crippen molar-refractivity contribution in [1.82, 2.24) is 14.9 Å². The molecular weight excluding hydrogens is 391 g/mol. The van der Waals surface area contributed by atoms with E-state index in [1.807, 2.05) is 0 Å². The Morgan fingerprint density at radius 2 is 1.86 bits per heavy atom. The average molecular weight is 411 g/mol. The van der Waals surface area contributed by atoms with Gasteiger partial charge in [0.15, 0.2) is 5.65 Å². The van der Waals surface area contributed by atoms with Crippen LogP contribution in [0, 0.1) is 0 Å². The number of hydrogen-bond acceptors (Lipinski definition) is 6. The minimum Gasteiger partial charge on any atom is -0.450 e. The molecule has 1 N–H and O–H groups in total. The third-order valence-electron chi connectivity index (χ3n) is 4.40. The van der Waals surface area contributed by atoms with E-state index in [0.29, 0.717) is 26.2 Å².